The van der Waals surface area contributed by atoms with E-state index in [-0.39, 0.29) is 12.6 Å². The topological polar surface area (TPSA) is 79.3 Å². The van der Waals surface area contributed by atoms with E-state index in [2.05, 4.69) is 20.8 Å². The standard InChI is InChI=1S/C15H20N4O2/c1-11-7-21-10-15(9-20,18-11)8-16-14-13-5-3-2-4-12(13)6-17-19-14/h2-6,11,18,20H,7-10H2,1H3,(H,16,19)/t11-,15+/m1/s1. The zero-order chi connectivity index (χ0) is 14.7. The maximum atomic E-state index is 9.73. The second kappa shape index (κ2) is 5.93. The molecule has 2 atom stereocenters. The highest BCUT2D eigenvalue weighted by atomic mass is 16.5. The molecule has 0 aliphatic carbocycles. The van der Waals surface area contributed by atoms with Gasteiger partial charge in [-0.1, -0.05) is 24.3 Å². The Morgan fingerprint density at radius 2 is 2.33 bits per heavy atom. The highest BCUT2D eigenvalue weighted by Crippen LogP contribution is 2.20. The first-order chi connectivity index (χ1) is 10.2. The molecule has 112 valence electrons. The molecular weight excluding hydrogens is 268 g/mol. The number of hydrogen-bond donors (Lipinski definition) is 3. The number of rotatable bonds is 4. The monoisotopic (exact) mass is 288 g/mol. The fourth-order valence-electron chi connectivity index (χ4n) is 2.70. The van der Waals surface area contributed by atoms with Crippen LogP contribution in [0.3, 0.4) is 0 Å². The molecule has 0 bridgehead atoms. The maximum absolute atomic E-state index is 9.73. The van der Waals surface area contributed by atoms with E-state index in [0.29, 0.717) is 19.8 Å². The second-order valence-electron chi connectivity index (χ2n) is 5.63. The highest BCUT2D eigenvalue weighted by Gasteiger charge is 2.34. The minimum absolute atomic E-state index is 0.00251. The number of aromatic nitrogens is 2. The zero-order valence-corrected chi connectivity index (χ0v) is 12.0. The van der Waals surface area contributed by atoms with Gasteiger partial charge in [0.1, 0.15) is 0 Å². The van der Waals surface area contributed by atoms with Gasteiger partial charge in [-0.2, -0.15) is 5.10 Å². The van der Waals surface area contributed by atoms with Gasteiger partial charge in [-0.25, -0.2) is 0 Å². The number of nitrogens with zero attached hydrogens (tertiary/aromatic N) is 2. The molecule has 0 saturated carbocycles. The predicted molar refractivity (Wildman–Crippen MR) is 81.3 cm³/mol. The molecule has 21 heavy (non-hydrogen) atoms. The van der Waals surface area contributed by atoms with E-state index in [0.717, 1.165) is 16.6 Å². The van der Waals surface area contributed by atoms with Crippen molar-refractivity contribution in [2.75, 3.05) is 31.7 Å². The van der Waals surface area contributed by atoms with E-state index < -0.39 is 5.54 Å². The molecule has 1 aliphatic heterocycles. The number of anilines is 1. The molecule has 0 radical (unpaired) electrons. The van der Waals surface area contributed by atoms with E-state index in [9.17, 15) is 5.11 Å². The summed E-state index contributed by atoms with van der Waals surface area (Å²) < 4.78 is 5.57. The summed E-state index contributed by atoms with van der Waals surface area (Å²) in [6, 6.07) is 8.17. The molecule has 3 N–H and O–H groups in total. The highest BCUT2D eigenvalue weighted by molar-refractivity contribution is 5.90. The van der Waals surface area contributed by atoms with E-state index in [4.69, 9.17) is 4.74 Å². The summed E-state index contributed by atoms with van der Waals surface area (Å²) in [5, 5.41) is 26.7. The van der Waals surface area contributed by atoms with Crippen molar-refractivity contribution in [1.29, 1.82) is 0 Å². The van der Waals surface area contributed by atoms with Crippen molar-refractivity contribution in [3.05, 3.63) is 30.5 Å². The first-order valence-corrected chi connectivity index (χ1v) is 7.13. The Bertz CT molecular complexity index is 616. The lowest BCUT2D eigenvalue weighted by Gasteiger charge is -2.40. The molecule has 1 aromatic heterocycles. The third-order valence-corrected chi connectivity index (χ3v) is 3.77. The third-order valence-electron chi connectivity index (χ3n) is 3.77. The molecule has 3 rings (SSSR count). The van der Waals surface area contributed by atoms with Crippen LogP contribution in [-0.4, -0.2) is 53.3 Å². The molecule has 0 unspecified atom stereocenters. The number of morpholine rings is 1. The van der Waals surface area contributed by atoms with Crippen LogP contribution in [0.15, 0.2) is 30.5 Å². The Morgan fingerprint density at radius 1 is 1.48 bits per heavy atom. The minimum Gasteiger partial charge on any atom is -0.394 e. The summed E-state index contributed by atoms with van der Waals surface area (Å²) in [4.78, 5) is 0. The number of aliphatic hydroxyl groups is 1. The van der Waals surface area contributed by atoms with E-state index in [1.54, 1.807) is 6.20 Å². The van der Waals surface area contributed by atoms with Crippen LogP contribution >= 0.6 is 0 Å². The average Bonchev–Trinajstić information content (AvgIpc) is 2.53. The van der Waals surface area contributed by atoms with Crippen molar-refractivity contribution in [3.8, 4) is 0 Å². The molecule has 1 saturated heterocycles. The van der Waals surface area contributed by atoms with Gasteiger partial charge in [-0.3, -0.25) is 0 Å². The van der Waals surface area contributed by atoms with Crippen LogP contribution in [0.1, 0.15) is 6.92 Å². The number of aliphatic hydroxyl groups excluding tert-OH is 1. The largest absolute Gasteiger partial charge is 0.394 e. The molecule has 1 aliphatic rings. The van der Waals surface area contributed by atoms with Crippen molar-refractivity contribution in [2.45, 2.75) is 18.5 Å². The van der Waals surface area contributed by atoms with Crippen molar-refractivity contribution < 1.29 is 9.84 Å². The molecule has 0 amide bonds. The van der Waals surface area contributed by atoms with Crippen LogP contribution in [0, 0.1) is 0 Å². The van der Waals surface area contributed by atoms with Crippen molar-refractivity contribution >= 4 is 16.6 Å². The molecule has 6 nitrogen and oxygen atoms in total. The predicted octanol–water partition coefficient (Wildman–Crippen LogP) is 0.781. The normalized spacial score (nSPS) is 25.9. The molecule has 6 heteroatoms. The van der Waals surface area contributed by atoms with Gasteiger partial charge >= 0.3 is 0 Å². The Morgan fingerprint density at radius 3 is 3.14 bits per heavy atom. The van der Waals surface area contributed by atoms with Crippen LogP contribution < -0.4 is 10.6 Å². The summed E-state index contributed by atoms with van der Waals surface area (Å²) in [5.74, 6) is 0.723. The smallest absolute Gasteiger partial charge is 0.156 e. The molecule has 2 heterocycles. The maximum Gasteiger partial charge on any atom is 0.156 e. The lowest BCUT2D eigenvalue weighted by Crippen LogP contribution is -2.63. The summed E-state index contributed by atoms with van der Waals surface area (Å²) in [7, 11) is 0. The Hall–Kier alpha value is -1.76. The van der Waals surface area contributed by atoms with Crippen molar-refractivity contribution in [3.63, 3.8) is 0 Å². The fraction of sp³-hybridized carbons (Fsp3) is 0.467. The van der Waals surface area contributed by atoms with Crippen LogP contribution in [-0.2, 0) is 4.74 Å². The molecule has 0 spiro atoms. The SMILES string of the molecule is C[C@@H]1COC[C@@](CO)(CNc2nncc3ccccc23)N1. The average molecular weight is 288 g/mol. The van der Waals surface area contributed by atoms with Gasteiger partial charge in [0.2, 0.25) is 0 Å². The van der Waals surface area contributed by atoms with Gasteiger partial charge < -0.3 is 20.5 Å². The van der Waals surface area contributed by atoms with Crippen molar-refractivity contribution in [1.82, 2.24) is 15.5 Å². The Labute approximate surface area is 123 Å². The van der Waals surface area contributed by atoms with Gasteiger partial charge in [0.05, 0.1) is 31.6 Å². The van der Waals surface area contributed by atoms with Gasteiger partial charge in [-0.05, 0) is 6.92 Å². The lowest BCUT2D eigenvalue weighted by atomic mass is 9.98. The minimum atomic E-state index is -0.490. The van der Waals surface area contributed by atoms with E-state index in [1.807, 2.05) is 31.2 Å². The quantitative estimate of drug-likeness (QED) is 0.771. The molecule has 1 fully saturated rings. The molecular formula is C15H20N4O2. The number of benzene rings is 1. The van der Waals surface area contributed by atoms with Gasteiger partial charge in [0, 0.05) is 23.4 Å². The lowest BCUT2D eigenvalue weighted by molar-refractivity contribution is -0.0157. The van der Waals surface area contributed by atoms with Crippen LogP contribution in [0.2, 0.25) is 0 Å². The third kappa shape index (κ3) is 2.97. The van der Waals surface area contributed by atoms with Crippen LogP contribution in [0.5, 0.6) is 0 Å². The van der Waals surface area contributed by atoms with Gasteiger partial charge in [0.25, 0.3) is 0 Å². The molecule has 1 aromatic carbocycles. The second-order valence-corrected chi connectivity index (χ2v) is 5.63. The van der Waals surface area contributed by atoms with Crippen LogP contribution in [0.4, 0.5) is 5.82 Å². The summed E-state index contributed by atoms with van der Waals surface area (Å²) >= 11 is 0. The zero-order valence-electron chi connectivity index (χ0n) is 12.0. The summed E-state index contributed by atoms with van der Waals surface area (Å²) in [5.41, 5.74) is -0.490. The molecule has 2 aromatic rings. The number of fused-ring (bicyclic) bond motifs is 1. The van der Waals surface area contributed by atoms with Gasteiger partial charge in [0.15, 0.2) is 5.82 Å². The van der Waals surface area contributed by atoms with E-state index >= 15 is 0 Å². The van der Waals surface area contributed by atoms with Crippen molar-refractivity contribution in [2.24, 2.45) is 0 Å². The van der Waals surface area contributed by atoms with Crippen LogP contribution in [0.25, 0.3) is 10.8 Å². The first-order valence-electron chi connectivity index (χ1n) is 7.13. The first kappa shape index (κ1) is 14.2. The number of ether oxygens (including phenoxy) is 1. The number of hydrogen-bond acceptors (Lipinski definition) is 6. The Kier molecular flexibility index (Phi) is 4.01. The fourth-order valence-corrected chi connectivity index (χ4v) is 2.70. The summed E-state index contributed by atoms with van der Waals surface area (Å²) in [6.07, 6.45) is 1.74. The Balaban J connectivity index is 1.79. The van der Waals surface area contributed by atoms with Gasteiger partial charge in [-0.15, -0.1) is 5.10 Å². The summed E-state index contributed by atoms with van der Waals surface area (Å²) in [6.45, 7) is 3.70. The number of nitrogens with one attached hydrogen (secondary N) is 2. The van der Waals surface area contributed by atoms with E-state index in [1.165, 1.54) is 0 Å².